The van der Waals surface area contributed by atoms with Crippen LogP contribution in [0.4, 0.5) is 0 Å². The van der Waals surface area contributed by atoms with E-state index in [1.807, 2.05) is 13.8 Å². The number of rotatable bonds is 4. The van der Waals surface area contributed by atoms with Crippen molar-refractivity contribution < 1.29 is 9.09 Å². The van der Waals surface area contributed by atoms with Gasteiger partial charge in [-0.05, 0) is 27.2 Å². The Bertz CT molecular complexity index is 437. The molecule has 1 rings (SSSR count). The lowest BCUT2D eigenvalue weighted by molar-refractivity contribution is 0.324. The summed E-state index contributed by atoms with van der Waals surface area (Å²) in [4.78, 5) is 0. The summed E-state index contributed by atoms with van der Waals surface area (Å²) >= 11 is 0. The van der Waals surface area contributed by atoms with E-state index in [1.165, 1.54) is 5.57 Å². The fourth-order valence-electron chi connectivity index (χ4n) is 2.79. The molecule has 0 amide bonds. The van der Waals surface area contributed by atoms with Crippen molar-refractivity contribution in [3.05, 3.63) is 23.3 Å². The highest BCUT2D eigenvalue weighted by atomic mass is 31.2. The Morgan fingerprint density at radius 2 is 2.00 bits per heavy atom. The van der Waals surface area contributed by atoms with Crippen LogP contribution in [0.3, 0.4) is 0 Å². The lowest BCUT2D eigenvalue weighted by atomic mass is 10.0. The van der Waals surface area contributed by atoms with Gasteiger partial charge < -0.3 is 4.52 Å². The Morgan fingerprint density at radius 3 is 2.39 bits per heavy atom. The van der Waals surface area contributed by atoms with Gasteiger partial charge in [0.25, 0.3) is 7.52 Å². The molecule has 0 aromatic rings. The Morgan fingerprint density at radius 1 is 1.44 bits per heavy atom. The molecule has 0 bridgehead atoms. The maximum absolute atomic E-state index is 12.9. The minimum atomic E-state index is -3.15. The van der Waals surface area contributed by atoms with Crippen molar-refractivity contribution in [2.75, 3.05) is 6.61 Å². The number of allylic oxidation sites excluding steroid dienone is 4. The Hall–Kier alpha value is -0.153. The van der Waals surface area contributed by atoms with Gasteiger partial charge in [-0.25, -0.2) is 0 Å². The minimum absolute atomic E-state index is 0.398. The van der Waals surface area contributed by atoms with Crippen LogP contribution in [-0.4, -0.2) is 19.5 Å². The van der Waals surface area contributed by atoms with E-state index in [0.717, 1.165) is 12.0 Å². The third-order valence-electron chi connectivity index (χ3n) is 3.66. The summed E-state index contributed by atoms with van der Waals surface area (Å²) in [6.07, 6.45) is 5.01. The van der Waals surface area contributed by atoms with Crippen LogP contribution in [0, 0.1) is 0 Å². The van der Waals surface area contributed by atoms with Crippen molar-refractivity contribution in [3.63, 3.8) is 0 Å². The van der Waals surface area contributed by atoms with Gasteiger partial charge >= 0.3 is 0 Å². The molecule has 1 aliphatic carbocycles. The average molecular weight is 287 g/mol. The highest BCUT2D eigenvalue weighted by Gasteiger charge is 2.55. The van der Waals surface area contributed by atoms with Crippen molar-refractivity contribution in [3.8, 4) is 0 Å². The maximum Gasteiger partial charge on any atom is 0.274 e. The zero-order chi connectivity index (χ0) is 14.2. The van der Waals surface area contributed by atoms with E-state index in [4.69, 9.17) is 10.0 Å². The molecule has 0 saturated carbocycles. The first-order valence-electron chi connectivity index (χ1n) is 6.45. The zero-order valence-electron chi connectivity index (χ0n) is 12.4. The lowest BCUT2D eigenvalue weighted by Gasteiger charge is -2.46. The largest absolute Gasteiger partial charge is 0.318 e. The zero-order valence-corrected chi connectivity index (χ0v) is 14.3. The van der Waals surface area contributed by atoms with Crippen LogP contribution in [0.25, 0.3) is 0 Å². The smallest absolute Gasteiger partial charge is 0.274 e. The number of hydrogen-bond donors (Lipinski definition) is 1. The van der Waals surface area contributed by atoms with Gasteiger partial charge in [0.15, 0.2) is 0 Å². The molecule has 3 nitrogen and oxygen atoms in total. The van der Waals surface area contributed by atoms with Gasteiger partial charge in [0, 0.05) is 0 Å². The molecule has 0 radical (unpaired) electrons. The molecule has 0 fully saturated rings. The second kappa shape index (κ2) is 5.08. The van der Waals surface area contributed by atoms with Crippen LogP contribution in [0.1, 0.15) is 27.2 Å². The second-order valence-corrected chi connectivity index (χ2v) is 14.3. The quantitative estimate of drug-likeness (QED) is 0.626. The van der Waals surface area contributed by atoms with E-state index in [0.29, 0.717) is 6.61 Å². The first-order valence-corrected chi connectivity index (χ1v) is 11.6. The molecule has 0 aromatic carbocycles. The lowest BCUT2D eigenvalue weighted by Crippen LogP contribution is -2.53. The summed E-state index contributed by atoms with van der Waals surface area (Å²) in [6.45, 7) is 13.0. The highest BCUT2D eigenvalue weighted by Crippen LogP contribution is 2.61. The predicted molar refractivity (Wildman–Crippen MR) is 81.6 cm³/mol. The summed E-state index contributed by atoms with van der Waals surface area (Å²) in [6, 6.07) is 0. The highest BCUT2D eigenvalue weighted by molar-refractivity contribution is 7.62. The Balaban J connectivity index is 3.40. The fourth-order valence-corrected chi connectivity index (χ4v) is 9.66. The normalized spacial score (nSPS) is 28.4. The molecule has 0 spiro atoms. The molecule has 104 valence electrons. The van der Waals surface area contributed by atoms with Crippen molar-refractivity contribution in [2.24, 2.45) is 5.50 Å². The van der Waals surface area contributed by atoms with E-state index in [-0.39, 0.29) is 0 Å². The van der Waals surface area contributed by atoms with E-state index < -0.39 is 20.4 Å². The molecule has 0 aromatic heterocycles. The van der Waals surface area contributed by atoms with Crippen molar-refractivity contribution in [1.29, 1.82) is 0 Å². The molecule has 0 heterocycles. The van der Waals surface area contributed by atoms with E-state index >= 15 is 0 Å². The monoisotopic (exact) mass is 287 g/mol. The van der Waals surface area contributed by atoms with Gasteiger partial charge in [-0.15, -0.1) is 0 Å². The average Bonchev–Trinajstić information content (AvgIpc) is 2.13. The molecule has 5 heteroatoms. The van der Waals surface area contributed by atoms with Crippen LogP contribution in [0.2, 0.25) is 19.6 Å². The second-order valence-electron chi connectivity index (χ2n) is 6.24. The van der Waals surface area contributed by atoms with Crippen LogP contribution in [0.5, 0.6) is 0 Å². The molecular formula is C13H26NO2PSi. The molecule has 18 heavy (non-hydrogen) atoms. The van der Waals surface area contributed by atoms with Gasteiger partial charge in [-0.2, -0.15) is 0 Å². The predicted octanol–water partition coefficient (Wildman–Crippen LogP) is 4.09. The first-order chi connectivity index (χ1) is 8.06. The summed E-state index contributed by atoms with van der Waals surface area (Å²) in [5.41, 5.74) is 8.53. The van der Waals surface area contributed by atoms with Gasteiger partial charge in [0.05, 0.1) is 19.5 Å². The molecule has 2 unspecified atom stereocenters. The van der Waals surface area contributed by atoms with Gasteiger partial charge in [0.1, 0.15) is 0 Å². The molecule has 0 aliphatic heterocycles. The minimum Gasteiger partial charge on any atom is -0.318 e. The summed E-state index contributed by atoms with van der Waals surface area (Å²) < 4.78 is 18.0. The summed E-state index contributed by atoms with van der Waals surface area (Å²) in [7, 11) is -4.94. The van der Waals surface area contributed by atoms with E-state index in [2.05, 4.69) is 38.7 Å². The van der Waals surface area contributed by atoms with Crippen LogP contribution >= 0.6 is 7.52 Å². The summed E-state index contributed by atoms with van der Waals surface area (Å²) in [5.74, 6) is 0. The number of hydrogen-bond acceptors (Lipinski definition) is 2. The SMILES string of the molecule is CCOP(N)(=O)C1([Si](C)(C)C)C=C(C)C=C(C)C1. The van der Waals surface area contributed by atoms with Crippen molar-refractivity contribution >= 4 is 15.6 Å². The van der Waals surface area contributed by atoms with Gasteiger partial charge in [0.2, 0.25) is 0 Å². The Labute approximate surface area is 112 Å². The van der Waals surface area contributed by atoms with E-state index in [9.17, 15) is 4.57 Å². The van der Waals surface area contributed by atoms with Crippen LogP contribution in [-0.2, 0) is 9.09 Å². The van der Waals surface area contributed by atoms with Gasteiger partial charge in [-0.1, -0.05) is 42.9 Å². The fraction of sp³-hybridized carbons (Fsp3) is 0.692. The van der Waals surface area contributed by atoms with Gasteiger partial charge in [-0.3, -0.25) is 10.1 Å². The molecule has 0 saturated heterocycles. The first kappa shape index (κ1) is 15.9. The third-order valence-corrected chi connectivity index (χ3v) is 11.6. The molecule has 2 N–H and O–H groups in total. The van der Waals surface area contributed by atoms with Crippen LogP contribution in [0.15, 0.2) is 23.3 Å². The standard InChI is InChI=1S/C13H26NO2PSi/c1-7-16-17(14,15)13(18(4,5)6)9-11(2)8-12(3)10-13/h8-9H,7,10H2,1-6H3,(H2,14,15). The van der Waals surface area contributed by atoms with Crippen LogP contribution < -0.4 is 5.50 Å². The Kier molecular flexibility index (Phi) is 4.49. The van der Waals surface area contributed by atoms with Crippen molar-refractivity contribution in [1.82, 2.24) is 0 Å². The number of nitrogens with two attached hydrogens (primary N) is 1. The topological polar surface area (TPSA) is 52.3 Å². The summed E-state index contributed by atoms with van der Waals surface area (Å²) in [5, 5.41) is 0. The molecular weight excluding hydrogens is 261 g/mol. The molecule has 2 atom stereocenters. The third kappa shape index (κ3) is 2.72. The maximum atomic E-state index is 12.9. The molecule has 1 aliphatic rings. The van der Waals surface area contributed by atoms with Crippen molar-refractivity contribution in [2.45, 2.75) is 51.6 Å². The van der Waals surface area contributed by atoms with E-state index in [1.54, 1.807) is 0 Å².